The van der Waals surface area contributed by atoms with Crippen molar-refractivity contribution in [3.63, 3.8) is 0 Å². The molecule has 0 aromatic rings. The maximum atomic E-state index is 5.71. The molecular formula is C14H22N4O2. The fourth-order valence-electron chi connectivity index (χ4n) is 3.65. The number of hydrogen-bond donors (Lipinski definition) is 0. The third-order valence-corrected chi connectivity index (χ3v) is 4.64. The van der Waals surface area contributed by atoms with E-state index in [1.54, 1.807) is 0 Å². The molecule has 110 valence electrons. The van der Waals surface area contributed by atoms with Crippen molar-refractivity contribution in [2.45, 2.75) is 18.6 Å². The average molecular weight is 278 g/mol. The summed E-state index contributed by atoms with van der Waals surface area (Å²) in [7, 11) is 4.21. The van der Waals surface area contributed by atoms with Crippen molar-refractivity contribution in [3.8, 4) is 0 Å². The minimum atomic E-state index is -0.226. The Bertz CT molecular complexity index is 462. The van der Waals surface area contributed by atoms with E-state index in [1.165, 1.54) is 5.70 Å². The molecule has 2 fully saturated rings. The third kappa shape index (κ3) is 1.90. The predicted molar refractivity (Wildman–Crippen MR) is 74.8 cm³/mol. The van der Waals surface area contributed by atoms with Gasteiger partial charge in [0, 0.05) is 39.7 Å². The monoisotopic (exact) mass is 278 g/mol. The van der Waals surface area contributed by atoms with Crippen LogP contribution in [0.4, 0.5) is 0 Å². The van der Waals surface area contributed by atoms with Gasteiger partial charge in [-0.1, -0.05) is 0 Å². The van der Waals surface area contributed by atoms with Gasteiger partial charge in [0.1, 0.15) is 6.67 Å². The first-order valence-electron chi connectivity index (χ1n) is 7.36. The van der Waals surface area contributed by atoms with Crippen molar-refractivity contribution in [3.05, 3.63) is 11.9 Å². The van der Waals surface area contributed by atoms with Crippen molar-refractivity contribution in [2.24, 2.45) is 10.9 Å². The molecule has 6 heteroatoms. The molecule has 0 atom stereocenters. The maximum absolute atomic E-state index is 5.71. The molecular weight excluding hydrogens is 256 g/mol. The Labute approximate surface area is 119 Å². The summed E-state index contributed by atoms with van der Waals surface area (Å²) >= 11 is 0. The molecule has 1 saturated carbocycles. The van der Waals surface area contributed by atoms with Gasteiger partial charge in [-0.05, 0) is 5.92 Å². The molecule has 4 rings (SSSR count). The summed E-state index contributed by atoms with van der Waals surface area (Å²) in [6.07, 6.45) is 4.33. The van der Waals surface area contributed by atoms with E-state index < -0.39 is 0 Å². The van der Waals surface area contributed by atoms with E-state index >= 15 is 0 Å². The van der Waals surface area contributed by atoms with Gasteiger partial charge in [0.05, 0.1) is 25.6 Å². The largest absolute Gasteiger partial charge is 0.358 e. The van der Waals surface area contributed by atoms with Gasteiger partial charge in [-0.15, -0.1) is 0 Å². The fourth-order valence-corrected chi connectivity index (χ4v) is 3.65. The smallest absolute Gasteiger partial charge is 0.169 e. The molecule has 0 bridgehead atoms. The number of amidine groups is 1. The lowest BCUT2D eigenvalue weighted by molar-refractivity contribution is -0.231. The van der Waals surface area contributed by atoms with Crippen LogP contribution < -0.4 is 0 Å². The zero-order valence-corrected chi connectivity index (χ0v) is 12.2. The van der Waals surface area contributed by atoms with E-state index in [1.807, 2.05) is 0 Å². The predicted octanol–water partition coefficient (Wildman–Crippen LogP) is 0.487. The number of fused-ring (bicyclic) bond motifs is 1. The van der Waals surface area contributed by atoms with Gasteiger partial charge in [-0.25, -0.2) is 4.99 Å². The summed E-state index contributed by atoms with van der Waals surface area (Å²) in [6, 6.07) is 0. The van der Waals surface area contributed by atoms with Crippen LogP contribution in [0.2, 0.25) is 0 Å². The zero-order chi connectivity index (χ0) is 13.7. The Morgan fingerprint density at radius 1 is 1.25 bits per heavy atom. The maximum Gasteiger partial charge on any atom is 0.169 e. The molecule has 0 aromatic heterocycles. The molecule has 3 heterocycles. The van der Waals surface area contributed by atoms with Crippen molar-refractivity contribution in [1.29, 1.82) is 0 Å². The molecule has 0 N–H and O–H groups in total. The van der Waals surface area contributed by atoms with Gasteiger partial charge in [0.15, 0.2) is 11.6 Å². The van der Waals surface area contributed by atoms with Gasteiger partial charge in [0.25, 0.3) is 0 Å². The molecule has 0 radical (unpaired) electrons. The van der Waals surface area contributed by atoms with Crippen molar-refractivity contribution in [2.75, 3.05) is 47.2 Å². The summed E-state index contributed by atoms with van der Waals surface area (Å²) in [4.78, 5) is 11.4. The van der Waals surface area contributed by atoms with Crippen LogP contribution in [0.5, 0.6) is 0 Å². The van der Waals surface area contributed by atoms with Crippen LogP contribution in [0, 0.1) is 5.92 Å². The molecule has 20 heavy (non-hydrogen) atoms. The van der Waals surface area contributed by atoms with Crippen LogP contribution in [-0.2, 0) is 9.47 Å². The number of aliphatic imine (C=N–C) groups is 1. The molecule has 4 aliphatic rings. The normalized spacial score (nSPS) is 28.6. The Hall–Kier alpha value is -1.27. The van der Waals surface area contributed by atoms with Crippen molar-refractivity contribution in [1.82, 2.24) is 14.7 Å². The van der Waals surface area contributed by atoms with E-state index in [2.05, 4.69) is 40.0 Å². The Kier molecular flexibility index (Phi) is 2.72. The summed E-state index contributed by atoms with van der Waals surface area (Å²) in [5, 5.41) is 0. The van der Waals surface area contributed by atoms with E-state index in [9.17, 15) is 0 Å². The highest BCUT2D eigenvalue weighted by molar-refractivity contribution is 5.99. The van der Waals surface area contributed by atoms with Crippen LogP contribution >= 0.6 is 0 Å². The molecule has 1 spiro atoms. The van der Waals surface area contributed by atoms with E-state index in [0.717, 1.165) is 51.8 Å². The summed E-state index contributed by atoms with van der Waals surface area (Å²) < 4.78 is 11.4. The number of likely N-dealkylation sites (N-methyl/N-ethyl adjacent to an activating group) is 2. The standard InChI is InChI=1S/C14H22N4O2/c1-16-9-15-13-12(16)8-18(10-17(13)2)7-11-5-14(6-11)19-3-4-20-14/h8,11H,3-7,9-10H2,1-2H3. The summed E-state index contributed by atoms with van der Waals surface area (Å²) in [5.74, 6) is 1.57. The van der Waals surface area contributed by atoms with Gasteiger partial charge >= 0.3 is 0 Å². The first-order chi connectivity index (χ1) is 9.65. The van der Waals surface area contributed by atoms with Gasteiger partial charge < -0.3 is 24.2 Å². The zero-order valence-electron chi connectivity index (χ0n) is 12.2. The first kappa shape index (κ1) is 12.5. The van der Waals surface area contributed by atoms with Crippen molar-refractivity contribution >= 4 is 5.84 Å². The molecule has 3 aliphatic heterocycles. The Morgan fingerprint density at radius 3 is 2.75 bits per heavy atom. The van der Waals surface area contributed by atoms with Crippen LogP contribution in [0.15, 0.2) is 16.9 Å². The van der Waals surface area contributed by atoms with Gasteiger partial charge in [-0.2, -0.15) is 0 Å². The lowest BCUT2D eigenvalue weighted by atomic mass is 9.78. The SMILES string of the molecule is CN1CN=C2C1=CN(CC1CC3(C1)OCCO3)CN2C. The van der Waals surface area contributed by atoms with Crippen molar-refractivity contribution < 1.29 is 9.47 Å². The van der Waals surface area contributed by atoms with E-state index in [0.29, 0.717) is 5.92 Å². The second-order valence-electron chi connectivity index (χ2n) is 6.33. The van der Waals surface area contributed by atoms with Gasteiger partial charge in [-0.3, -0.25) is 0 Å². The molecule has 0 aromatic carbocycles. The summed E-state index contributed by atoms with van der Waals surface area (Å²) in [5.41, 5.74) is 1.24. The highest BCUT2D eigenvalue weighted by atomic mass is 16.7. The average Bonchev–Trinajstić information content (AvgIpc) is 2.98. The topological polar surface area (TPSA) is 40.5 Å². The Balaban J connectivity index is 1.39. The van der Waals surface area contributed by atoms with E-state index in [4.69, 9.17) is 9.47 Å². The van der Waals surface area contributed by atoms with E-state index in [-0.39, 0.29) is 5.79 Å². The van der Waals surface area contributed by atoms with Gasteiger partial charge in [0.2, 0.25) is 0 Å². The first-order valence-corrected chi connectivity index (χ1v) is 7.36. The van der Waals surface area contributed by atoms with Crippen LogP contribution in [0.1, 0.15) is 12.8 Å². The molecule has 0 amide bonds. The lowest BCUT2D eigenvalue weighted by Crippen LogP contribution is -2.51. The Morgan fingerprint density at radius 2 is 2.00 bits per heavy atom. The number of ether oxygens (including phenoxy) is 2. The molecule has 1 saturated heterocycles. The highest BCUT2D eigenvalue weighted by Crippen LogP contribution is 2.44. The second kappa shape index (κ2) is 4.36. The molecule has 0 unspecified atom stereocenters. The number of rotatable bonds is 2. The third-order valence-electron chi connectivity index (χ3n) is 4.64. The number of hydrogen-bond acceptors (Lipinski definition) is 6. The molecule has 1 aliphatic carbocycles. The lowest BCUT2D eigenvalue weighted by Gasteiger charge is -2.45. The fraction of sp³-hybridized carbons (Fsp3) is 0.786. The molecule has 6 nitrogen and oxygen atoms in total. The minimum Gasteiger partial charge on any atom is -0.358 e. The summed E-state index contributed by atoms with van der Waals surface area (Å²) in [6.45, 7) is 4.28. The number of nitrogens with zero attached hydrogens (tertiary/aromatic N) is 4. The second-order valence-corrected chi connectivity index (χ2v) is 6.33. The minimum absolute atomic E-state index is 0.226. The van der Waals surface area contributed by atoms with Crippen LogP contribution in [-0.4, -0.2) is 73.5 Å². The highest BCUT2D eigenvalue weighted by Gasteiger charge is 2.49. The van der Waals surface area contributed by atoms with Crippen LogP contribution in [0.25, 0.3) is 0 Å². The quantitative estimate of drug-likeness (QED) is 0.735. The van der Waals surface area contributed by atoms with Crippen LogP contribution in [0.3, 0.4) is 0 Å².